The van der Waals surface area contributed by atoms with Gasteiger partial charge in [0.05, 0.1) is 0 Å². The minimum Gasteiger partial charge on any atom is -0.384 e. The molecule has 3 N–H and O–H groups in total. The van der Waals surface area contributed by atoms with Gasteiger partial charge in [0, 0.05) is 49.7 Å². The smallest absolute Gasteiger partial charge is 0.136 e. The van der Waals surface area contributed by atoms with E-state index in [0.717, 1.165) is 24.7 Å². The van der Waals surface area contributed by atoms with Crippen LogP contribution < -0.4 is 11.1 Å². The normalized spacial score (nSPS) is 20.4. The molecule has 5 nitrogen and oxygen atoms in total. The molecule has 0 amide bonds. The van der Waals surface area contributed by atoms with Crippen molar-refractivity contribution in [3.63, 3.8) is 0 Å². The minimum atomic E-state index is 0.545. The zero-order valence-corrected chi connectivity index (χ0v) is 12.0. The number of nitrogens with zero attached hydrogens (tertiary/aromatic N) is 3. The minimum absolute atomic E-state index is 0.545. The first-order valence-corrected chi connectivity index (χ1v) is 8.15. The number of thioether (sulfide) groups is 1. The molecule has 104 valence electrons. The van der Waals surface area contributed by atoms with Crippen LogP contribution in [0.5, 0.6) is 0 Å². The van der Waals surface area contributed by atoms with E-state index in [2.05, 4.69) is 20.2 Å². The molecule has 3 rings (SSSR count). The fourth-order valence-electron chi connectivity index (χ4n) is 2.27. The number of rotatable bonds is 5. The van der Waals surface area contributed by atoms with Gasteiger partial charge in [0.1, 0.15) is 17.5 Å². The molecule has 2 fully saturated rings. The van der Waals surface area contributed by atoms with Crippen LogP contribution in [0.2, 0.25) is 0 Å². The van der Waals surface area contributed by atoms with E-state index in [4.69, 9.17) is 5.73 Å². The molecule has 0 spiro atoms. The van der Waals surface area contributed by atoms with E-state index in [0.29, 0.717) is 11.7 Å². The molecule has 0 unspecified atom stereocenters. The number of hydrogen-bond acceptors (Lipinski definition) is 6. The SMILES string of the molecule is Nc1cc(NCCN2CCSCC2)nc(C2CC2)n1. The lowest BCUT2D eigenvalue weighted by Gasteiger charge is -2.26. The van der Waals surface area contributed by atoms with Crippen molar-refractivity contribution in [1.82, 2.24) is 14.9 Å². The summed E-state index contributed by atoms with van der Waals surface area (Å²) in [6, 6.07) is 1.83. The van der Waals surface area contributed by atoms with Crippen LogP contribution in [0.4, 0.5) is 11.6 Å². The van der Waals surface area contributed by atoms with Gasteiger partial charge in [-0.1, -0.05) is 0 Å². The van der Waals surface area contributed by atoms with Crippen molar-refractivity contribution in [3.05, 3.63) is 11.9 Å². The van der Waals surface area contributed by atoms with E-state index >= 15 is 0 Å². The third kappa shape index (κ3) is 3.73. The second kappa shape index (κ2) is 5.96. The van der Waals surface area contributed by atoms with Crippen LogP contribution in [0, 0.1) is 0 Å². The first kappa shape index (κ1) is 13.0. The van der Waals surface area contributed by atoms with Crippen LogP contribution in [-0.4, -0.2) is 52.6 Å². The summed E-state index contributed by atoms with van der Waals surface area (Å²) >= 11 is 2.04. The molecule has 0 radical (unpaired) electrons. The molecular formula is C13H21N5S. The van der Waals surface area contributed by atoms with Gasteiger partial charge in [-0.3, -0.25) is 4.90 Å². The molecule has 0 aromatic carbocycles. The number of nitrogens with two attached hydrogens (primary N) is 1. The second-order valence-electron chi connectivity index (χ2n) is 5.19. The number of anilines is 2. The van der Waals surface area contributed by atoms with Crippen molar-refractivity contribution >= 4 is 23.4 Å². The molecule has 0 atom stereocenters. The highest BCUT2D eigenvalue weighted by Crippen LogP contribution is 2.38. The van der Waals surface area contributed by atoms with Crippen LogP contribution in [0.25, 0.3) is 0 Å². The fourth-order valence-corrected chi connectivity index (χ4v) is 3.25. The quantitative estimate of drug-likeness (QED) is 0.849. The maximum Gasteiger partial charge on any atom is 0.136 e. The molecule has 6 heteroatoms. The Hall–Kier alpha value is -1.01. The van der Waals surface area contributed by atoms with Crippen LogP contribution in [-0.2, 0) is 0 Å². The van der Waals surface area contributed by atoms with Gasteiger partial charge in [-0.2, -0.15) is 11.8 Å². The van der Waals surface area contributed by atoms with Crippen LogP contribution in [0.3, 0.4) is 0 Å². The lowest BCUT2D eigenvalue weighted by molar-refractivity contribution is 0.314. The number of aromatic nitrogens is 2. The molecule has 1 aliphatic carbocycles. The van der Waals surface area contributed by atoms with Crippen LogP contribution >= 0.6 is 11.8 Å². The van der Waals surface area contributed by atoms with Gasteiger partial charge in [-0.25, -0.2) is 9.97 Å². The summed E-state index contributed by atoms with van der Waals surface area (Å²) in [5.74, 6) is 5.42. The maximum absolute atomic E-state index is 5.84. The summed E-state index contributed by atoms with van der Waals surface area (Å²) in [5.41, 5.74) is 5.84. The van der Waals surface area contributed by atoms with Crippen molar-refractivity contribution in [1.29, 1.82) is 0 Å². The fraction of sp³-hybridized carbons (Fsp3) is 0.692. The lowest BCUT2D eigenvalue weighted by atomic mass is 10.3. The molecule has 19 heavy (non-hydrogen) atoms. The molecular weight excluding hydrogens is 258 g/mol. The number of nitrogens with one attached hydrogen (secondary N) is 1. The summed E-state index contributed by atoms with van der Waals surface area (Å²) in [5, 5.41) is 3.38. The van der Waals surface area contributed by atoms with Crippen molar-refractivity contribution in [2.75, 3.05) is 48.7 Å². The van der Waals surface area contributed by atoms with Crippen molar-refractivity contribution in [3.8, 4) is 0 Å². The largest absolute Gasteiger partial charge is 0.384 e. The molecule has 1 aromatic heterocycles. The third-order valence-electron chi connectivity index (χ3n) is 3.54. The maximum atomic E-state index is 5.84. The monoisotopic (exact) mass is 279 g/mol. The standard InChI is InChI=1S/C13H21N5S/c14-11-9-12(17-13(16-11)10-1-2-10)15-3-4-18-5-7-19-8-6-18/h9-10H,1-8H2,(H3,14,15,16,17). The summed E-state index contributed by atoms with van der Waals surface area (Å²) in [6.07, 6.45) is 2.41. The number of hydrogen-bond donors (Lipinski definition) is 2. The van der Waals surface area contributed by atoms with Gasteiger partial charge in [-0.15, -0.1) is 0 Å². The van der Waals surface area contributed by atoms with E-state index in [1.54, 1.807) is 0 Å². The van der Waals surface area contributed by atoms with Gasteiger partial charge in [-0.05, 0) is 12.8 Å². The topological polar surface area (TPSA) is 67.1 Å². The Morgan fingerprint density at radius 1 is 1.32 bits per heavy atom. The lowest BCUT2D eigenvalue weighted by Crippen LogP contribution is -2.36. The van der Waals surface area contributed by atoms with E-state index in [1.165, 1.54) is 37.4 Å². The van der Waals surface area contributed by atoms with Gasteiger partial charge in [0.2, 0.25) is 0 Å². The highest BCUT2D eigenvalue weighted by Gasteiger charge is 2.27. The Morgan fingerprint density at radius 2 is 2.11 bits per heavy atom. The zero-order valence-electron chi connectivity index (χ0n) is 11.1. The Bertz CT molecular complexity index is 429. The average molecular weight is 279 g/mol. The summed E-state index contributed by atoms with van der Waals surface area (Å²) < 4.78 is 0. The molecule has 1 aliphatic heterocycles. The summed E-state index contributed by atoms with van der Waals surface area (Å²) in [4.78, 5) is 11.4. The first-order valence-electron chi connectivity index (χ1n) is 7.00. The molecule has 1 saturated heterocycles. The molecule has 2 aliphatic rings. The van der Waals surface area contributed by atoms with E-state index in [1.807, 2.05) is 17.8 Å². The summed E-state index contributed by atoms with van der Waals surface area (Å²) in [6.45, 7) is 4.39. The predicted octanol–water partition coefficient (Wildman–Crippen LogP) is 1.40. The molecule has 1 saturated carbocycles. The van der Waals surface area contributed by atoms with Crippen molar-refractivity contribution in [2.24, 2.45) is 0 Å². The first-order chi connectivity index (χ1) is 9.31. The number of nitrogen functional groups attached to an aromatic ring is 1. The van der Waals surface area contributed by atoms with E-state index in [-0.39, 0.29) is 0 Å². The van der Waals surface area contributed by atoms with Crippen molar-refractivity contribution < 1.29 is 0 Å². The molecule has 1 aromatic rings. The van der Waals surface area contributed by atoms with Gasteiger partial charge >= 0.3 is 0 Å². The Kier molecular flexibility index (Phi) is 4.08. The van der Waals surface area contributed by atoms with E-state index in [9.17, 15) is 0 Å². The molecule has 2 heterocycles. The Morgan fingerprint density at radius 3 is 2.84 bits per heavy atom. The van der Waals surface area contributed by atoms with Gasteiger partial charge in [0.15, 0.2) is 0 Å². The van der Waals surface area contributed by atoms with Crippen LogP contribution in [0.1, 0.15) is 24.6 Å². The summed E-state index contributed by atoms with van der Waals surface area (Å²) in [7, 11) is 0. The van der Waals surface area contributed by atoms with Crippen LogP contribution in [0.15, 0.2) is 6.07 Å². The second-order valence-corrected chi connectivity index (χ2v) is 6.42. The van der Waals surface area contributed by atoms with E-state index < -0.39 is 0 Å². The van der Waals surface area contributed by atoms with Gasteiger partial charge < -0.3 is 11.1 Å². The molecule has 0 bridgehead atoms. The Labute approximate surface area is 118 Å². The van der Waals surface area contributed by atoms with Gasteiger partial charge in [0.25, 0.3) is 0 Å². The van der Waals surface area contributed by atoms with Crippen molar-refractivity contribution in [2.45, 2.75) is 18.8 Å². The zero-order chi connectivity index (χ0) is 13.1. The average Bonchev–Trinajstić information content (AvgIpc) is 3.24. The highest BCUT2D eigenvalue weighted by molar-refractivity contribution is 7.99. The predicted molar refractivity (Wildman–Crippen MR) is 80.7 cm³/mol. The third-order valence-corrected chi connectivity index (χ3v) is 4.49. The highest BCUT2D eigenvalue weighted by atomic mass is 32.2. The Balaban J connectivity index is 1.51.